The predicted octanol–water partition coefficient (Wildman–Crippen LogP) is 3.58. The molecule has 4 rings (SSSR count). The smallest absolute Gasteiger partial charge is 0.167 e. The molecule has 0 fully saturated rings. The summed E-state index contributed by atoms with van der Waals surface area (Å²) in [5.74, 6) is 1.43. The molecule has 4 aromatic rings. The Morgan fingerprint density at radius 3 is 2.50 bits per heavy atom. The average Bonchev–Trinajstić information content (AvgIpc) is 3.28. The van der Waals surface area contributed by atoms with Gasteiger partial charge in [-0.1, -0.05) is 60.3 Å². The fourth-order valence-electron chi connectivity index (χ4n) is 2.69. The summed E-state index contributed by atoms with van der Waals surface area (Å²) in [6.07, 6.45) is 0.825. The number of nitrogens with zero attached hydrogens (tertiary/aromatic N) is 5. The fourth-order valence-corrected chi connectivity index (χ4v) is 3.54. The largest absolute Gasteiger partial charge is 0.337 e. The first-order valence-electron chi connectivity index (χ1n) is 8.34. The molecule has 26 heavy (non-hydrogen) atoms. The number of imidazole rings is 1. The molecule has 0 bridgehead atoms. The summed E-state index contributed by atoms with van der Waals surface area (Å²) in [5, 5.41) is 12.9. The molecule has 0 saturated carbocycles. The van der Waals surface area contributed by atoms with Gasteiger partial charge in [0.15, 0.2) is 11.0 Å². The van der Waals surface area contributed by atoms with Gasteiger partial charge in [0.2, 0.25) is 0 Å². The number of aromatic nitrogens is 6. The van der Waals surface area contributed by atoms with Crippen molar-refractivity contribution in [3.05, 3.63) is 83.4 Å². The molecule has 0 atom stereocenters. The number of tetrazole rings is 1. The molecule has 2 heterocycles. The van der Waals surface area contributed by atoms with Gasteiger partial charge in [-0.3, -0.25) is 0 Å². The van der Waals surface area contributed by atoms with Crippen LogP contribution < -0.4 is 0 Å². The quantitative estimate of drug-likeness (QED) is 0.531. The van der Waals surface area contributed by atoms with E-state index >= 15 is 0 Å². The van der Waals surface area contributed by atoms with Gasteiger partial charge in [-0.15, -0.1) is 5.10 Å². The summed E-state index contributed by atoms with van der Waals surface area (Å²) in [5.41, 5.74) is 4.38. The van der Waals surface area contributed by atoms with Crippen molar-refractivity contribution in [2.45, 2.75) is 24.3 Å². The SMILES string of the molecule is Cc1[nH]c(SCc2nnnn2-c2ccccc2)nc1Cc1ccccc1. The Morgan fingerprint density at radius 1 is 1.00 bits per heavy atom. The maximum Gasteiger partial charge on any atom is 0.167 e. The molecule has 0 amide bonds. The topological polar surface area (TPSA) is 72.3 Å². The maximum absolute atomic E-state index is 4.74. The molecule has 7 heteroatoms. The van der Waals surface area contributed by atoms with Crippen LogP contribution in [0.2, 0.25) is 0 Å². The van der Waals surface area contributed by atoms with E-state index < -0.39 is 0 Å². The monoisotopic (exact) mass is 362 g/mol. The van der Waals surface area contributed by atoms with Gasteiger partial charge in [0.05, 0.1) is 17.1 Å². The molecule has 0 aliphatic rings. The van der Waals surface area contributed by atoms with Gasteiger partial charge in [-0.05, 0) is 35.0 Å². The molecule has 130 valence electrons. The summed E-state index contributed by atoms with van der Waals surface area (Å²) in [6, 6.07) is 20.3. The van der Waals surface area contributed by atoms with Gasteiger partial charge in [-0.25, -0.2) is 4.98 Å². The molecule has 0 spiro atoms. The van der Waals surface area contributed by atoms with Gasteiger partial charge in [0.25, 0.3) is 0 Å². The summed E-state index contributed by atoms with van der Waals surface area (Å²) in [7, 11) is 0. The van der Waals surface area contributed by atoms with Crippen molar-refractivity contribution in [1.82, 2.24) is 30.2 Å². The number of nitrogens with one attached hydrogen (secondary N) is 1. The van der Waals surface area contributed by atoms with Crippen molar-refractivity contribution >= 4 is 11.8 Å². The van der Waals surface area contributed by atoms with Crippen LogP contribution in [0.5, 0.6) is 0 Å². The van der Waals surface area contributed by atoms with E-state index in [4.69, 9.17) is 4.98 Å². The number of benzene rings is 2. The zero-order chi connectivity index (χ0) is 17.8. The molecule has 0 unspecified atom stereocenters. The van der Waals surface area contributed by atoms with Crippen molar-refractivity contribution in [2.24, 2.45) is 0 Å². The van der Waals surface area contributed by atoms with Crippen LogP contribution in [0.1, 0.15) is 22.8 Å². The highest BCUT2D eigenvalue weighted by Crippen LogP contribution is 2.22. The van der Waals surface area contributed by atoms with Crippen molar-refractivity contribution in [2.75, 3.05) is 0 Å². The number of hydrogen-bond acceptors (Lipinski definition) is 5. The molecule has 1 N–H and O–H groups in total. The van der Waals surface area contributed by atoms with Gasteiger partial charge >= 0.3 is 0 Å². The molecule has 2 aromatic heterocycles. The van der Waals surface area contributed by atoms with Crippen LogP contribution in [0, 0.1) is 6.92 Å². The van der Waals surface area contributed by atoms with Crippen LogP contribution in [-0.2, 0) is 12.2 Å². The van der Waals surface area contributed by atoms with Crippen molar-refractivity contribution in [3.63, 3.8) is 0 Å². The van der Waals surface area contributed by atoms with Gasteiger partial charge in [0, 0.05) is 12.1 Å². The summed E-state index contributed by atoms with van der Waals surface area (Å²) in [4.78, 5) is 8.10. The molecule has 0 aliphatic carbocycles. The highest BCUT2D eigenvalue weighted by atomic mass is 32.2. The first-order valence-corrected chi connectivity index (χ1v) is 9.33. The summed E-state index contributed by atoms with van der Waals surface area (Å²) >= 11 is 1.60. The van der Waals surface area contributed by atoms with Gasteiger partial charge in [-0.2, -0.15) is 4.68 Å². The van der Waals surface area contributed by atoms with Crippen LogP contribution in [0.15, 0.2) is 65.8 Å². The van der Waals surface area contributed by atoms with E-state index in [1.165, 1.54) is 5.56 Å². The number of aryl methyl sites for hydroxylation is 1. The van der Waals surface area contributed by atoms with Crippen molar-refractivity contribution < 1.29 is 0 Å². The third kappa shape index (κ3) is 3.67. The molecule has 6 nitrogen and oxygen atoms in total. The number of thioether (sulfide) groups is 1. The Labute approximate surface area is 155 Å². The van der Waals surface area contributed by atoms with E-state index in [-0.39, 0.29) is 0 Å². The minimum atomic E-state index is 0.639. The predicted molar refractivity (Wildman–Crippen MR) is 101 cm³/mol. The summed E-state index contributed by atoms with van der Waals surface area (Å²) < 4.78 is 1.76. The normalized spacial score (nSPS) is 11.0. The second kappa shape index (κ2) is 7.53. The maximum atomic E-state index is 4.74. The first kappa shape index (κ1) is 16.5. The Bertz CT molecular complexity index is 978. The van der Waals surface area contributed by atoms with Gasteiger partial charge in [0.1, 0.15) is 0 Å². The lowest BCUT2D eigenvalue weighted by molar-refractivity contribution is 0.777. The summed E-state index contributed by atoms with van der Waals surface area (Å²) in [6.45, 7) is 2.06. The van der Waals surface area contributed by atoms with Gasteiger partial charge < -0.3 is 4.98 Å². The lowest BCUT2D eigenvalue weighted by Crippen LogP contribution is -2.01. The standard InChI is InChI=1S/C19H18N6S/c1-14-17(12-15-8-4-2-5-9-15)21-19(20-14)26-13-18-22-23-24-25(18)16-10-6-3-7-11-16/h2-11H,12-13H2,1H3,(H,20,21). The Balaban J connectivity index is 1.46. The number of aromatic amines is 1. The molecular weight excluding hydrogens is 344 g/mol. The number of H-pyrrole nitrogens is 1. The highest BCUT2D eigenvalue weighted by molar-refractivity contribution is 7.98. The Kier molecular flexibility index (Phi) is 4.79. The Hall–Kier alpha value is -2.93. The molecular formula is C19H18N6S. The number of hydrogen-bond donors (Lipinski definition) is 1. The van der Waals surface area contributed by atoms with Crippen molar-refractivity contribution in [3.8, 4) is 5.69 Å². The van der Waals surface area contributed by atoms with Crippen LogP contribution >= 0.6 is 11.8 Å². The minimum Gasteiger partial charge on any atom is -0.337 e. The van der Waals surface area contributed by atoms with Crippen molar-refractivity contribution in [1.29, 1.82) is 0 Å². The third-order valence-corrected chi connectivity index (χ3v) is 4.92. The second-order valence-corrected chi connectivity index (χ2v) is 6.87. The third-order valence-electron chi connectivity index (χ3n) is 4.05. The molecule has 2 aromatic carbocycles. The van der Waals surface area contributed by atoms with E-state index in [1.807, 2.05) is 36.4 Å². The molecule has 0 saturated heterocycles. The van der Waals surface area contributed by atoms with E-state index in [9.17, 15) is 0 Å². The van der Waals surface area contributed by atoms with E-state index in [0.29, 0.717) is 5.75 Å². The average molecular weight is 362 g/mol. The minimum absolute atomic E-state index is 0.639. The zero-order valence-electron chi connectivity index (χ0n) is 14.3. The van der Waals surface area contributed by atoms with E-state index in [1.54, 1.807) is 16.4 Å². The van der Waals surface area contributed by atoms with Crippen LogP contribution in [0.25, 0.3) is 5.69 Å². The lowest BCUT2D eigenvalue weighted by atomic mass is 10.1. The highest BCUT2D eigenvalue weighted by Gasteiger charge is 2.12. The number of para-hydroxylation sites is 1. The zero-order valence-corrected chi connectivity index (χ0v) is 15.1. The van der Waals surface area contributed by atoms with E-state index in [0.717, 1.165) is 34.5 Å². The second-order valence-electron chi connectivity index (χ2n) is 5.91. The number of rotatable bonds is 6. The van der Waals surface area contributed by atoms with Crippen LogP contribution in [0.4, 0.5) is 0 Å². The van der Waals surface area contributed by atoms with Crippen LogP contribution in [0.3, 0.4) is 0 Å². The van der Waals surface area contributed by atoms with E-state index in [2.05, 4.69) is 51.7 Å². The lowest BCUT2D eigenvalue weighted by Gasteiger charge is -2.02. The fraction of sp³-hybridized carbons (Fsp3) is 0.158. The Morgan fingerprint density at radius 2 is 1.73 bits per heavy atom. The molecule has 0 aliphatic heterocycles. The molecule has 0 radical (unpaired) electrons. The first-order chi connectivity index (χ1) is 12.8. The van der Waals surface area contributed by atoms with Crippen LogP contribution in [-0.4, -0.2) is 30.2 Å².